The predicted octanol–water partition coefficient (Wildman–Crippen LogP) is 4.61. The number of hydrogen-bond donors (Lipinski definition) is 1. The number of aromatic nitrogens is 2. The lowest BCUT2D eigenvalue weighted by atomic mass is 9.99. The SMILES string of the molecule is CCC1Cc2c([nH]c3ncccc23)C(C(=O)OC(C)C)=CN1C(=O)c1ccc(F)c(F)c1. The van der Waals surface area contributed by atoms with Gasteiger partial charge in [0, 0.05) is 29.4 Å². The van der Waals surface area contributed by atoms with E-state index < -0.39 is 23.5 Å². The number of ether oxygens (including phenoxy) is 1. The van der Waals surface area contributed by atoms with Crippen molar-refractivity contribution in [3.05, 3.63) is 71.2 Å². The summed E-state index contributed by atoms with van der Waals surface area (Å²) in [6, 6.07) is 6.41. The smallest absolute Gasteiger partial charge is 0.342 e. The molecule has 166 valence electrons. The van der Waals surface area contributed by atoms with Gasteiger partial charge >= 0.3 is 5.97 Å². The Kier molecular flexibility index (Phi) is 5.78. The number of H-pyrrole nitrogens is 1. The van der Waals surface area contributed by atoms with Crippen molar-refractivity contribution in [3.8, 4) is 0 Å². The van der Waals surface area contributed by atoms with Gasteiger partial charge in [-0.05, 0) is 62.6 Å². The molecule has 1 aliphatic heterocycles. The Bertz CT molecular complexity index is 1230. The van der Waals surface area contributed by atoms with E-state index >= 15 is 0 Å². The summed E-state index contributed by atoms with van der Waals surface area (Å²) in [7, 11) is 0. The third kappa shape index (κ3) is 3.88. The van der Waals surface area contributed by atoms with Crippen LogP contribution in [-0.4, -0.2) is 38.9 Å². The highest BCUT2D eigenvalue weighted by atomic mass is 19.2. The van der Waals surface area contributed by atoms with E-state index in [0.717, 1.165) is 23.1 Å². The van der Waals surface area contributed by atoms with Crippen molar-refractivity contribution >= 4 is 28.5 Å². The molecule has 0 aliphatic carbocycles. The molecule has 3 aromatic rings. The molecule has 0 spiro atoms. The first-order chi connectivity index (χ1) is 15.3. The average Bonchev–Trinajstić information content (AvgIpc) is 3.03. The van der Waals surface area contributed by atoms with Crippen LogP contribution < -0.4 is 0 Å². The normalized spacial score (nSPS) is 16.0. The quantitative estimate of drug-likeness (QED) is 0.603. The molecule has 0 fully saturated rings. The zero-order valence-corrected chi connectivity index (χ0v) is 18.0. The fourth-order valence-electron chi connectivity index (χ4n) is 3.94. The molecule has 2 aromatic heterocycles. The van der Waals surface area contributed by atoms with Gasteiger partial charge in [0.1, 0.15) is 5.65 Å². The lowest BCUT2D eigenvalue weighted by Gasteiger charge is -2.27. The Labute approximate surface area is 183 Å². The molecule has 0 saturated heterocycles. The maximum absolute atomic E-state index is 13.8. The highest BCUT2D eigenvalue weighted by Crippen LogP contribution is 2.34. The summed E-state index contributed by atoms with van der Waals surface area (Å²) in [6.07, 6.45) is 3.76. The standard InChI is InChI=1S/C24H23F2N3O3/c1-4-15-11-17-16-6-5-9-27-22(16)28-21(17)18(24(31)32-13(2)3)12-29(15)23(30)14-7-8-19(25)20(26)10-14/h5-10,12-13,15H,4,11H2,1-3H3,(H,27,28). The minimum Gasteiger partial charge on any atom is -0.459 e. The van der Waals surface area contributed by atoms with Crippen LogP contribution in [-0.2, 0) is 16.0 Å². The minimum atomic E-state index is -1.11. The number of carbonyl (C=O) groups excluding carboxylic acids is 2. The average molecular weight is 439 g/mol. The summed E-state index contributed by atoms with van der Waals surface area (Å²) < 4.78 is 32.7. The van der Waals surface area contributed by atoms with Gasteiger partial charge in [0.2, 0.25) is 0 Å². The second-order valence-corrected chi connectivity index (χ2v) is 7.98. The molecule has 1 unspecified atom stereocenters. The number of nitrogens with zero attached hydrogens (tertiary/aromatic N) is 2. The summed E-state index contributed by atoms with van der Waals surface area (Å²) >= 11 is 0. The van der Waals surface area contributed by atoms with Crippen molar-refractivity contribution in [2.24, 2.45) is 0 Å². The number of fused-ring (bicyclic) bond motifs is 3. The number of rotatable bonds is 4. The largest absolute Gasteiger partial charge is 0.459 e. The molecule has 1 aliphatic rings. The van der Waals surface area contributed by atoms with Gasteiger partial charge in [0.25, 0.3) is 5.91 Å². The molecule has 1 aromatic carbocycles. The van der Waals surface area contributed by atoms with Gasteiger partial charge in [-0.25, -0.2) is 18.6 Å². The second kappa shape index (κ2) is 8.53. The number of aromatic amines is 1. The first-order valence-corrected chi connectivity index (χ1v) is 10.5. The third-order valence-corrected chi connectivity index (χ3v) is 5.48. The van der Waals surface area contributed by atoms with Crippen LogP contribution in [0, 0.1) is 11.6 Å². The van der Waals surface area contributed by atoms with Gasteiger partial charge in [-0.2, -0.15) is 0 Å². The lowest BCUT2D eigenvalue weighted by molar-refractivity contribution is -0.140. The number of benzene rings is 1. The summed E-state index contributed by atoms with van der Waals surface area (Å²) in [5, 5.41) is 0.853. The van der Waals surface area contributed by atoms with E-state index in [0.29, 0.717) is 24.2 Å². The fraction of sp³-hybridized carbons (Fsp3) is 0.292. The van der Waals surface area contributed by atoms with Crippen LogP contribution in [0.25, 0.3) is 16.6 Å². The number of halogens is 2. The van der Waals surface area contributed by atoms with Crippen molar-refractivity contribution in [2.45, 2.75) is 45.8 Å². The zero-order valence-electron chi connectivity index (χ0n) is 18.0. The second-order valence-electron chi connectivity index (χ2n) is 7.98. The van der Waals surface area contributed by atoms with E-state index in [4.69, 9.17) is 4.74 Å². The number of nitrogens with one attached hydrogen (secondary N) is 1. The van der Waals surface area contributed by atoms with Crippen LogP contribution in [0.15, 0.2) is 42.7 Å². The molecule has 0 saturated carbocycles. The van der Waals surface area contributed by atoms with Crippen molar-refractivity contribution in [1.82, 2.24) is 14.9 Å². The number of hydrogen-bond acceptors (Lipinski definition) is 4. The molecular formula is C24H23F2N3O3. The van der Waals surface area contributed by atoms with Crippen LogP contribution in [0.3, 0.4) is 0 Å². The van der Waals surface area contributed by atoms with Gasteiger partial charge in [0.05, 0.1) is 17.4 Å². The van der Waals surface area contributed by atoms with E-state index in [1.165, 1.54) is 17.2 Å². The molecular weight excluding hydrogens is 416 g/mol. The molecule has 6 nitrogen and oxygen atoms in total. The summed E-state index contributed by atoms with van der Waals surface area (Å²) in [5.74, 6) is -3.26. The molecule has 8 heteroatoms. The summed E-state index contributed by atoms with van der Waals surface area (Å²) in [5.41, 5.74) is 2.21. The van der Waals surface area contributed by atoms with Gasteiger partial charge in [-0.1, -0.05) is 6.92 Å². The molecule has 0 radical (unpaired) electrons. The third-order valence-electron chi connectivity index (χ3n) is 5.48. The number of carbonyl (C=O) groups is 2. The van der Waals surface area contributed by atoms with Crippen molar-refractivity contribution in [3.63, 3.8) is 0 Å². The number of amides is 1. The molecule has 1 amide bonds. The fourth-order valence-corrected chi connectivity index (χ4v) is 3.94. The molecule has 4 rings (SSSR count). The van der Waals surface area contributed by atoms with Crippen LogP contribution in [0.2, 0.25) is 0 Å². The van der Waals surface area contributed by atoms with E-state index in [9.17, 15) is 18.4 Å². The molecule has 1 N–H and O–H groups in total. The van der Waals surface area contributed by atoms with Gasteiger partial charge < -0.3 is 14.6 Å². The van der Waals surface area contributed by atoms with Crippen LogP contribution >= 0.6 is 0 Å². The number of esters is 1. The molecule has 1 atom stereocenters. The Morgan fingerprint density at radius 2 is 2.03 bits per heavy atom. The summed E-state index contributed by atoms with van der Waals surface area (Å²) in [4.78, 5) is 35.3. The predicted molar refractivity (Wildman–Crippen MR) is 116 cm³/mol. The van der Waals surface area contributed by atoms with Gasteiger partial charge in [-0.15, -0.1) is 0 Å². The summed E-state index contributed by atoms with van der Waals surface area (Å²) in [6.45, 7) is 5.40. The number of pyridine rings is 1. The minimum absolute atomic E-state index is 0.00716. The topological polar surface area (TPSA) is 75.3 Å². The Hall–Kier alpha value is -3.55. The molecule has 0 bridgehead atoms. The first kappa shape index (κ1) is 21.7. The van der Waals surface area contributed by atoms with Gasteiger partial charge in [0.15, 0.2) is 11.6 Å². The molecule has 32 heavy (non-hydrogen) atoms. The van der Waals surface area contributed by atoms with E-state index in [1.807, 2.05) is 19.1 Å². The Balaban J connectivity index is 1.87. The Morgan fingerprint density at radius 3 is 2.72 bits per heavy atom. The lowest BCUT2D eigenvalue weighted by Crippen LogP contribution is -2.37. The highest BCUT2D eigenvalue weighted by molar-refractivity contribution is 6.18. The van der Waals surface area contributed by atoms with Crippen LogP contribution in [0.1, 0.15) is 48.8 Å². The van der Waals surface area contributed by atoms with Crippen molar-refractivity contribution in [1.29, 1.82) is 0 Å². The van der Waals surface area contributed by atoms with E-state index in [2.05, 4.69) is 9.97 Å². The Morgan fingerprint density at radius 1 is 1.25 bits per heavy atom. The van der Waals surface area contributed by atoms with Crippen LogP contribution in [0.4, 0.5) is 8.78 Å². The van der Waals surface area contributed by atoms with Crippen molar-refractivity contribution in [2.75, 3.05) is 0 Å². The maximum Gasteiger partial charge on any atom is 0.342 e. The maximum atomic E-state index is 13.8. The van der Waals surface area contributed by atoms with Crippen LogP contribution in [0.5, 0.6) is 0 Å². The van der Waals surface area contributed by atoms with Crippen molar-refractivity contribution < 1.29 is 23.1 Å². The highest BCUT2D eigenvalue weighted by Gasteiger charge is 2.33. The first-order valence-electron chi connectivity index (χ1n) is 10.5. The van der Waals surface area contributed by atoms with Gasteiger partial charge in [-0.3, -0.25) is 4.79 Å². The van der Waals surface area contributed by atoms with E-state index in [-0.39, 0.29) is 23.3 Å². The monoisotopic (exact) mass is 439 g/mol. The molecule has 3 heterocycles. The van der Waals surface area contributed by atoms with E-state index in [1.54, 1.807) is 20.0 Å². The zero-order chi connectivity index (χ0) is 23.0.